The van der Waals surface area contributed by atoms with Gasteiger partial charge in [-0.2, -0.15) is 0 Å². The number of ether oxygens (including phenoxy) is 2. The third kappa shape index (κ3) is 21.1. The fourth-order valence-corrected chi connectivity index (χ4v) is 8.68. The van der Waals surface area contributed by atoms with E-state index in [-0.39, 0.29) is 36.4 Å². The lowest BCUT2D eigenvalue weighted by molar-refractivity contribution is -0.161. The van der Waals surface area contributed by atoms with E-state index in [2.05, 4.69) is 37.5 Å². The van der Waals surface area contributed by atoms with Gasteiger partial charge in [-0.05, 0) is 76.4 Å². The number of nitrogens with zero attached hydrogens (tertiary/aromatic N) is 2. The molecule has 2 aliphatic rings. The van der Waals surface area contributed by atoms with E-state index in [0.717, 1.165) is 96.9 Å². The molecule has 0 aromatic heterocycles. The maximum Gasteiger partial charge on any atom is 0.308 e. The van der Waals surface area contributed by atoms with Crippen LogP contribution in [0.25, 0.3) is 0 Å². The van der Waals surface area contributed by atoms with Crippen molar-refractivity contribution < 1.29 is 24.2 Å². The third-order valence-corrected chi connectivity index (χ3v) is 12.5. The molecule has 7 heteroatoms. The molecule has 53 heavy (non-hydrogen) atoms. The minimum absolute atomic E-state index is 0.0241. The molecule has 2 rings (SSSR count). The van der Waals surface area contributed by atoms with Gasteiger partial charge in [0.25, 0.3) is 0 Å². The molecule has 0 aromatic carbocycles. The van der Waals surface area contributed by atoms with Gasteiger partial charge < -0.3 is 19.5 Å². The van der Waals surface area contributed by atoms with Crippen molar-refractivity contribution in [3.05, 3.63) is 0 Å². The SMILES string of the molecule is CCCCCCCCC(CCCCCC)C(=O)OCC(COC(=O)C(CCCCCC)CCCCCCCC)N1CC2(CCN(CCCCO)CC2)C1. The summed E-state index contributed by atoms with van der Waals surface area (Å²) in [5.74, 6) is -0.114. The molecule has 2 unspecified atom stereocenters. The summed E-state index contributed by atoms with van der Waals surface area (Å²) in [7, 11) is 0. The number of carbonyl (C=O) groups excluding carboxylic acids is 2. The van der Waals surface area contributed by atoms with Crippen LogP contribution in [0.2, 0.25) is 0 Å². The lowest BCUT2D eigenvalue weighted by atomic mass is 9.71. The zero-order valence-electron chi connectivity index (χ0n) is 35.7. The molecule has 0 aromatic rings. The maximum absolute atomic E-state index is 13.7. The summed E-state index contributed by atoms with van der Waals surface area (Å²) in [4.78, 5) is 32.4. The number of carbonyl (C=O) groups is 2. The minimum Gasteiger partial charge on any atom is -0.464 e. The first-order valence-corrected chi connectivity index (χ1v) is 23.3. The van der Waals surface area contributed by atoms with Crippen LogP contribution in [0, 0.1) is 17.3 Å². The molecule has 2 fully saturated rings. The van der Waals surface area contributed by atoms with Crippen molar-refractivity contribution in [1.82, 2.24) is 9.80 Å². The van der Waals surface area contributed by atoms with Gasteiger partial charge in [0.05, 0.1) is 17.9 Å². The van der Waals surface area contributed by atoms with Crippen LogP contribution in [-0.2, 0) is 19.1 Å². The predicted octanol–water partition coefficient (Wildman–Crippen LogP) is 11.3. The normalized spacial score (nSPS) is 17.8. The highest BCUT2D eigenvalue weighted by Crippen LogP contribution is 2.41. The largest absolute Gasteiger partial charge is 0.464 e. The highest BCUT2D eigenvalue weighted by atomic mass is 16.5. The van der Waals surface area contributed by atoms with Crippen molar-refractivity contribution in [3.63, 3.8) is 0 Å². The average Bonchev–Trinajstić information content (AvgIpc) is 3.15. The minimum atomic E-state index is -0.0827. The van der Waals surface area contributed by atoms with E-state index in [1.165, 1.54) is 116 Å². The van der Waals surface area contributed by atoms with Gasteiger partial charge in [-0.3, -0.25) is 14.5 Å². The second kappa shape index (κ2) is 31.0. The second-order valence-corrected chi connectivity index (χ2v) is 17.3. The first-order chi connectivity index (χ1) is 25.9. The molecule has 0 radical (unpaired) electrons. The Balaban J connectivity index is 2.04. The number of hydrogen-bond acceptors (Lipinski definition) is 7. The zero-order valence-corrected chi connectivity index (χ0v) is 35.7. The summed E-state index contributed by atoms with van der Waals surface area (Å²) >= 11 is 0. The van der Waals surface area contributed by atoms with Crippen molar-refractivity contribution in [2.45, 2.75) is 214 Å². The van der Waals surface area contributed by atoms with E-state index in [4.69, 9.17) is 9.47 Å². The number of unbranched alkanes of at least 4 members (excludes halogenated alkanes) is 17. The van der Waals surface area contributed by atoms with Gasteiger partial charge in [0, 0.05) is 19.7 Å². The summed E-state index contributed by atoms with van der Waals surface area (Å²) < 4.78 is 12.4. The Bertz CT molecular complexity index is 835. The third-order valence-electron chi connectivity index (χ3n) is 12.5. The average molecular weight is 749 g/mol. The quantitative estimate of drug-likeness (QED) is 0.0510. The van der Waals surface area contributed by atoms with Crippen LogP contribution in [0.1, 0.15) is 207 Å². The molecule has 0 aliphatic carbocycles. The standard InChI is InChI=1S/C46H88N2O5/c1-5-9-13-17-19-23-29-41(27-21-15-11-7-3)44(50)52-37-43(48-39-46(40-48)31-34-47(35-32-46)33-25-26-36-49)38-53-45(51)42(28-22-16-12-8-4)30-24-20-18-14-10-6-2/h41-43,49H,5-40H2,1-4H3. The predicted molar refractivity (Wildman–Crippen MR) is 222 cm³/mol. The molecule has 2 aliphatic heterocycles. The van der Waals surface area contributed by atoms with Crippen LogP contribution in [0.3, 0.4) is 0 Å². The van der Waals surface area contributed by atoms with Crippen molar-refractivity contribution >= 4 is 11.9 Å². The molecule has 0 amide bonds. The van der Waals surface area contributed by atoms with Gasteiger partial charge in [0.2, 0.25) is 0 Å². The van der Waals surface area contributed by atoms with E-state index in [1.807, 2.05) is 0 Å². The van der Waals surface area contributed by atoms with Gasteiger partial charge in [-0.25, -0.2) is 0 Å². The maximum atomic E-state index is 13.7. The smallest absolute Gasteiger partial charge is 0.308 e. The van der Waals surface area contributed by atoms with E-state index in [9.17, 15) is 14.7 Å². The highest BCUT2D eigenvalue weighted by Gasteiger charge is 2.47. The number of hydrogen-bond donors (Lipinski definition) is 1. The summed E-state index contributed by atoms with van der Waals surface area (Å²) in [6.45, 7) is 15.2. The fourth-order valence-electron chi connectivity index (χ4n) is 8.68. The van der Waals surface area contributed by atoms with Crippen LogP contribution < -0.4 is 0 Å². The Morgan fingerprint density at radius 3 is 1.32 bits per heavy atom. The molecule has 1 N–H and O–H groups in total. The molecule has 0 saturated carbocycles. The molecule has 312 valence electrons. The molecular formula is C46H88N2O5. The van der Waals surface area contributed by atoms with E-state index < -0.39 is 0 Å². The number of aliphatic hydroxyl groups is 1. The summed E-state index contributed by atoms with van der Waals surface area (Å²) in [6.07, 6.45) is 32.2. The van der Waals surface area contributed by atoms with Crippen LogP contribution in [-0.4, -0.2) is 85.4 Å². The number of aliphatic hydroxyl groups excluding tert-OH is 1. The summed E-state index contributed by atoms with van der Waals surface area (Å²) in [6, 6.07) is -0.0827. The Morgan fingerprint density at radius 2 is 0.925 bits per heavy atom. The Labute approximate surface area is 328 Å². The summed E-state index contributed by atoms with van der Waals surface area (Å²) in [5, 5.41) is 9.20. The molecule has 2 atom stereocenters. The van der Waals surface area contributed by atoms with Crippen molar-refractivity contribution in [3.8, 4) is 0 Å². The van der Waals surface area contributed by atoms with E-state index in [0.29, 0.717) is 18.6 Å². The van der Waals surface area contributed by atoms with Gasteiger partial charge >= 0.3 is 11.9 Å². The van der Waals surface area contributed by atoms with Gasteiger partial charge in [-0.15, -0.1) is 0 Å². The molecule has 2 saturated heterocycles. The zero-order chi connectivity index (χ0) is 38.4. The Hall–Kier alpha value is -1.18. The van der Waals surface area contributed by atoms with Crippen molar-refractivity contribution in [2.24, 2.45) is 17.3 Å². The number of rotatable bonds is 35. The van der Waals surface area contributed by atoms with Gasteiger partial charge in [0.1, 0.15) is 13.2 Å². The first kappa shape index (κ1) is 48.0. The number of piperidine rings is 1. The molecule has 1 spiro atoms. The Kier molecular flexibility index (Phi) is 28.0. The van der Waals surface area contributed by atoms with E-state index >= 15 is 0 Å². The second-order valence-electron chi connectivity index (χ2n) is 17.3. The lowest BCUT2D eigenvalue weighted by Crippen LogP contribution is -2.64. The number of likely N-dealkylation sites (tertiary alicyclic amines) is 2. The first-order valence-electron chi connectivity index (χ1n) is 23.3. The van der Waals surface area contributed by atoms with Gasteiger partial charge in [0.15, 0.2) is 0 Å². The molecule has 7 nitrogen and oxygen atoms in total. The van der Waals surface area contributed by atoms with Crippen molar-refractivity contribution in [1.29, 1.82) is 0 Å². The topological polar surface area (TPSA) is 79.3 Å². The van der Waals surface area contributed by atoms with E-state index in [1.54, 1.807) is 0 Å². The fraction of sp³-hybridized carbons (Fsp3) is 0.957. The van der Waals surface area contributed by atoms with Crippen LogP contribution in [0.5, 0.6) is 0 Å². The molecule has 2 heterocycles. The van der Waals surface area contributed by atoms with Gasteiger partial charge in [-0.1, -0.05) is 156 Å². The van der Waals surface area contributed by atoms with Crippen LogP contribution in [0.15, 0.2) is 0 Å². The highest BCUT2D eigenvalue weighted by molar-refractivity contribution is 5.73. The molecular weight excluding hydrogens is 661 g/mol. The monoisotopic (exact) mass is 749 g/mol. The number of esters is 2. The molecule has 0 bridgehead atoms. The lowest BCUT2D eigenvalue weighted by Gasteiger charge is -2.56. The van der Waals surface area contributed by atoms with Crippen LogP contribution in [0.4, 0.5) is 0 Å². The summed E-state index contributed by atoms with van der Waals surface area (Å²) in [5.41, 5.74) is 0.318. The Morgan fingerprint density at radius 1 is 0.547 bits per heavy atom. The van der Waals surface area contributed by atoms with Crippen LogP contribution >= 0.6 is 0 Å². The van der Waals surface area contributed by atoms with Crippen molar-refractivity contribution in [2.75, 3.05) is 52.5 Å².